The number of amides is 2. The number of ether oxygens (including phenoxy) is 1. The lowest BCUT2D eigenvalue weighted by atomic mass is 9.80. The lowest BCUT2D eigenvalue weighted by Crippen LogP contribution is -2.43. The Balaban J connectivity index is 1.38. The van der Waals surface area contributed by atoms with E-state index in [1.807, 2.05) is 33.2 Å². The van der Waals surface area contributed by atoms with E-state index in [9.17, 15) is 9.59 Å². The summed E-state index contributed by atoms with van der Waals surface area (Å²) in [4.78, 5) is 30.9. The fourth-order valence-electron chi connectivity index (χ4n) is 4.48. The van der Waals surface area contributed by atoms with Gasteiger partial charge in [0.15, 0.2) is 0 Å². The van der Waals surface area contributed by atoms with Gasteiger partial charge in [-0.2, -0.15) is 0 Å². The smallest absolute Gasteiger partial charge is 0.407 e. The number of hydrogen-bond donors (Lipinski definition) is 1. The maximum atomic E-state index is 13.0. The Morgan fingerprint density at radius 3 is 2.28 bits per heavy atom. The van der Waals surface area contributed by atoms with Crippen LogP contribution in [0.1, 0.15) is 70.8 Å². The molecule has 6 heteroatoms. The molecule has 2 amide bonds. The van der Waals surface area contributed by atoms with Crippen LogP contribution in [0.3, 0.4) is 0 Å². The molecule has 2 aliphatic rings. The molecule has 29 heavy (non-hydrogen) atoms. The zero-order valence-corrected chi connectivity index (χ0v) is 18.0. The Morgan fingerprint density at radius 1 is 1.07 bits per heavy atom. The largest absolute Gasteiger partial charge is 0.444 e. The summed E-state index contributed by atoms with van der Waals surface area (Å²) in [6.07, 6.45) is 9.22. The Kier molecular flexibility index (Phi) is 7.14. The third kappa shape index (κ3) is 6.44. The van der Waals surface area contributed by atoms with Crippen LogP contribution in [0.15, 0.2) is 24.5 Å². The molecule has 1 N–H and O–H groups in total. The van der Waals surface area contributed by atoms with E-state index in [1.54, 1.807) is 0 Å². The molecule has 1 aliphatic carbocycles. The number of nitrogens with one attached hydrogen (secondary N) is 1. The van der Waals surface area contributed by atoms with Gasteiger partial charge in [0.2, 0.25) is 5.91 Å². The monoisotopic (exact) mass is 401 g/mol. The first kappa shape index (κ1) is 21.6. The highest BCUT2D eigenvalue weighted by Gasteiger charge is 2.32. The number of carbonyl (C=O) groups is 2. The van der Waals surface area contributed by atoms with Crippen LogP contribution in [-0.2, 0) is 9.53 Å². The summed E-state index contributed by atoms with van der Waals surface area (Å²) in [5.41, 5.74) is 0.865. The van der Waals surface area contributed by atoms with Crippen molar-refractivity contribution in [1.82, 2.24) is 15.2 Å². The normalized spacial score (nSPS) is 23.5. The fourth-order valence-corrected chi connectivity index (χ4v) is 4.48. The summed E-state index contributed by atoms with van der Waals surface area (Å²) in [6, 6.07) is 4.18. The molecule has 2 heterocycles. The minimum Gasteiger partial charge on any atom is -0.444 e. The number of alkyl carbamates (subject to hydrolysis) is 1. The van der Waals surface area contributed by atoms with Crippen LogP contribution in [-0.4, -0.2) is 47.1 Å². The summed E-state index contributed by atoms with van der Waals surface area (Å²) in [5.74, 6) is 1.45. The zero-order valence-electron chi connectivity index (χ0n) is 18.0. The number of hydrogen-bond acceptors (Lipinski definition) is 4. The van der Waals surface area contributed by atoms with E-state index in [2.05, 4.69) is 27.3 Å². The SMILES string of the molecule is CC(C)(C)OC(=O)NCC1CCC(C(=O)N2CCC(c3ccncc3)CC2)CC1. The molecule has 6 nitrogen and oxygen atoms in total. The number of carbonyl (C=O) groups excluding carboxylic acids is 2. The van der Waals surface area contributed by atoms with Crippen LogP contribution in [0.2, 0.25) is 0 Å². The van der Waals surface area contributed by atoms with E-state index in [0.717, 1.165) is 51.6 Å². The summed E-state index contributed by atoms with van der Waals surface area (Å²) < 4.78 is 5.29. The highest BCUT2D eigenvalue weighted by atomic mass is 16.6. The van der Waals surface area contributed by atoms with Crippen LogP contribution in [0, 0.1) is 11.8 Å². The topological polar surface area (TPSA) is 71.5 Å². The lowest BCUT2D eigenvalue weighted by molar-refractivity contribution is -0.138. The van der Waals surface area contributed by atoms with Crippen molar-refractivity contribution >= 4 is 12.0 Å². The quantitative estimate of drug-likeness (QED) is 0.824. The van der Waals surface area contributed by atoms with Crippen LogP contribution < -0.4 is 5.32 Å². The maximum Gasteiger partial charge on any atom is 0.407 e. The Bertz CT molecular complexity index is 670. The highest BCUT2D eigenvalue weighted by molar-refractivity contribution is 5.79. The molecule has 0 aromatic carbocycles. The predicted octanol–water partition coefficient (Wildman–Crippen LogP) is 4.12. The number of likely N-dealkylation sites (tertiary alicyclic amines) is 1. The van der Waals surface area contributed by atoms with Gasteiger partial charge in [-0.3, -0.25) is 9.78 Å². The van der Waals surface area contributed by atoms with Crippen molar-refractivity contribution in [2.45, 2.75) is 70.8 Å². The van der Waals surface area contributed by atoms with Crippen molar-refractivity contribution in [3.05, 3.63) is 30.1 Å². The minimum atomic E-state index is -0.473. The Hall–Kier alpha value is -2.11. The summed E-state index contributed by atoms with van der Waals surface area (Å²) >= 11 is 0. The van der Waals surface area contributed by atoms with E-state index in [-0.39, 0.29) is 12.0 Å². The third-order valence-electron chi connectivity index (χ3n) is 6.11. The van der Waals surface area contributed by atoms with Gasteiger partial charge in [-0.25, -0.2) is 4.79 Å². The first-order valence-corrected chi connectivity index (χ1v) is 11.0. The molecule has 2 fully saturated rings. The summed E-state index contributed by atoms with van der Waals surface area (Å²) in [5, 5.41) is 2.88. The molecule has 0 radical (unpaired) electrons. The van der Waals surface area contributed by atoms with Crippen LogP contribution >= 0.6 is 0 Å². The average Bonchev–Trinajstić information content (AvgIpc) is 2.72. The molecular weight excluding hydrogens is 366 g/mol. The van der Waals surface area contributed by atoms with E-state index in [4.69, 9.17) is 4.74 Å². The summed E-state index contributed by atoms with van der Waals surface area (Å²) in [6.45, 7) is 7.93. The molecule has 0 unspecified atom stereocenters. The van der Waals surface area contributed by atoms with E-state index in [1.165, 1.54) is 5.56 Å². The van der Waals surface area contributed by atoms with Gasteiger partial charge in [-0.15, -0.1) is 0 Å². The molecule has 0 atom stereocenters. The van der Waals surface area contributed by atoms with E-state index < -0.39 is 5.60 Å². The van der Waals surface area contributed by atoms with Crippen molar-refractivity contribution in [2.24, 2.45) is 11.8 Å². The maximum absolute atomic E-state index is 13.0. The van der Waals surface area contributed by atoms with Gasteiger partial charge in [-0.1, -0.05) is 0 Å². The van der Waals surface area contributed by atoms with Crippen molar-refractivity contribution in [3.8, 4) is 0 Å². The Morgan fingerprint density at radius 2 is 1.69 bits per heavy atom. The minimum absolute atomic E-state index is 0.144. The molecule has 160 valence electrons. The number of piperidine rings is 1. The van der Waals surface area contributed by atoms with Crippen molar-refractivity contribution in [2.75, 3.05) is 19.6 Å². The van der Waals surface area contributed by atoms with Gasteiger partial charge in [0, 0.05) is 37.9 Å². The highest BCUT2D eigenvalue weighted by Crippen LogP contribution is 2.32. The van der Waals surface area contributed by atoms with Crippen LogP contribution in [0.5, 0.6) is 0 Å². The van der Waals surface area contributed by atoms with E-state index >= 15 is 0 Å². The van der Waals surface area contributed by atoms with Crippen molar-refractivity contribution < 1.29 is 14.3 Å². The van der Waals surface area contributed by atoms with Crippen LogP contribution in [0.4, 0.5) is 4.79 Å². The number of nitrogens with zero attached hydrogens (tertiary/aromatic N) is 2. The second-order valence-corrected chi connectivity index (χ2v) is 9.48. The first-order valence-electron chi connectivity index (χ1n) is 11.0. The second-order valence-electron chi connectivity index (χ2n) is 9.48. The third-order valence-corrected chi connectivity index (χ3v) is 6.11. The fraction of sp³-hybridized carbons (Fsp3) is 0.696. The first-order chi connectivity index (χ1) is 13.8. The molecule has 0 bridgehead atoms. The van der Waals surface area contributed by atoms with Gasteiger partial charge >= 0.3 is 6.09 Å². The van der Waals surface area contributed by atoms with Gasteiger partial charge in [0.25, 0.3) is 0 Å². The number of aromatic nitrogens is 1. The van der Waals surface area contributed by atoms with Crippen LogP contribution in [0.25, 0.3) is 0 Å². The van der Waals surface area contributed by atoms with Gasteiger partial charge < -0.3 is 15.0 Å². The van der Waals surface area contributed by atoms with Gasteiger partial charge in [0.05, 0.1) is 0 Å². The van der Waals surface area contributed by atoms with Gasteiger partial charge in [0.1, 0.15) is 5.60 Å². The predicted molar refractivity (Wildman–Crippen MR) is 112 cm³/mol. The number of rotatable bonds is 4. The molecule has 1 saturated heterocycles. The van der Waals surface area contributed by atoms with Crippen molar-refractivity contribution in [1.29, 1.82) is 0 Å². The molecule has 1 aliphatic heterocycles. The van der Waals surface area contributed by atoms with Crippen molar-refractivity contribution in [3.63, 3.8) is 0 Å². The molecule has 3 rings (SSSR count). The lowest BCUT2D eigenvalue weighted by Gasteiger charge is -2.36. The number of pyridine rings is 1. The molecule has 1 saturated carbocycles. The summed E-state index contributed by atoms with van der Waals surface area (Å²) in [7, 11) is 0. The molecule has 1 aromatic rings. The van der Waals surface area contributed by atoms with Gasteiger partial charge in [-0.05, 0) is 88.8 Å². The molecule has 1 aromatic heterocycles. The molecular formula is C23H35N3O3. The zero-order chi connectivity index (χ0) is 20.9. The second kappa shape index (κ2) is 9.59. The van der Waals surface area contributed by atoms with E-state index in [0.29, 0.717) is 24.3 Å². The standard InChI is InChI=1S/C23H35N3O3/c1-23(2,3)29-22(28)25-16-17-4-6-20(7-5-17)21(27)26-14-10-19(11-15-26)18-8-12-24-13-9-18/h8-9,12-13,17,19-20H,4-7,10-11,14-16H2,1-3H3,(H,25,28). The Labute approximate surface area is 174 Å². The average molecular weight is 402 g/mol. The molecule has 0 spiro atoms.